The predicted octanol–water partition coefficient (Wildman–Crippen LogP) is 3.60. The minimum atomic E-state index is -0.799. The summed E-state index contributed by atoms with van der Waals surface area (Å²) in [4.78, 5) is 32.0. The van der Waals surface area contributed by atoms with Crippen LogP contribution in [0.1, 0.15) is 44.4 Å². The molecule has 194 valence electrons. The maximum absolute atomic E-state index is 13.8. The molecule has 9 heteroatoms. The number of nitrogens with zero attached hydrogens (tertiary/aromatic N) is 2. The van der Waals surface area contributed by atoms with Crippen LogP contribution >= 0.6 is 11.3 Å². The number of carbonyl (C=O) groups is 1. The van der Waals surface area contributed by atoms with Crippen LogP contribution in [0.2, 0.25) is 0 Å². The lowest BCUT2D eigenvalue weighted by molar-refractivity contribution is -0.139. The van der Waals surface area contributed by atoms with Crippen molar-refractivity contribution < 1.29 is 23.7 Å². The van der Waals surface area contributed by atoms with Gasteiger partial charge in [0.2, 0.25) is 0 Å². The molecule has 0 saturated carbocycles. The zero-order valence-electron chi connectivity index (χ0n) is 21.6. The van der Waals surface area contributed by atoms with E-state index in [0.29, 0.717) is 38.7 Å². The molecule has 0 radical (unpaired) electrons. The van der Waals surface area contributed by atoms with Gasteiger partial charge in [0.05, 0.1) is 43.2 Å². The number of hydrogen-bond donors (Lipinski definition) is 0. The first-order valence-corrected chi connectivity index (χ1v) is 12.9. The van der Waals surface area contributed by atoms with Crippen molar-refractivity contribution in [1.29, 1.82) is 0 Å². The zero-order valence-corrected chi connectivity index (χ0v) is 22.4. The largest absolute Gasteiger partial charge is 0.497 e. The third kappa shape index (κ3) is 5.32. The third-order valence-electron chi connectivity index (χ3n) is 5.90. The fraction of sp³-hybridized carbons (Fsp3) is 0.321. The van der Waals surface area contributed by atoms with Gasteiger partial charge in [0.15, 0.2) is 4.80 Å². The summed E-state index contributed by atoms with van der Waals surface area (Å²) >= 11 is 1.27. The maximum Gasteiger partial charge on any atom is 0.338 e. The summed E-state index contributed by atoms with van der Waals surface area (Å²) in [5, 5.41) is 0. The van der Waals surface area contributed by atoms with Gasteiger partial charge in [0.1, 0.15) is 23.3 Å². The second kappa shape index (κ2) is 11.5. The van der Waals surface area contributed by atoms with E-state index < -0.39 is 12.0 Å². The van der Waals surface area contributed by atoms with Gasteiger partial charge in [0.25, 0.3) is 5.56 Å². The number of carbonyl (C=O) groups excluding carboxylic acids is 1. The van der Waals surface area contributed by atoms with Crippen molar-refractivity contribution in [3.05, 3.63) is 84.5 Å². The van der Waals surface area contributed by atoms with Crippen LogP contribution in [0.4, 0.5) is 0 Å². The fourth-order valence-corrected chi connectivity index (χ4v) is 5.22. The first kappa shape index (κ1) is 26.2. The van der Waals surface area contributed by atoms with Crippen LogP contribution in [-0.2, 0) is 9.53 Å². The number of thiazole rings is 1. The maximum atomic E-state index is 13.8. The topological polar surface area (TPSA) is 88.3 Å². The van der Waals surface area contributed by atoms with Crippen LogP contribution in [0, 0.1) is 0 Å². The first-order valence-electron chi connectivity index (χ1n) is 12.1. The Morgan fingerprint density at radius 2 is 1.81 bits per heavy atom. The molecule has 0 unspecified atom stereocenters. The van der Waals surface area contributed by atoms with E-state index in [1.54, 1.807) is 46.3 Å². The molecule has 0 amide bonds. The number of fused-ring (bicyclic) bond motifs is 1. The third-order valence-corrected chi connectivity index (χ3v) is 6.88. The van der Waals surface area contributed by atoms with E-state index in [1.165, 1.54) is 15.9 Å². The molecule has 1 aliphatic heterocycles. The highest BCUT2D eigenvalue weighted by Gasteiger charge is 2.35. The lowest BCUT2D eigenvalue weighted by atomic mass is 9.94. The molecule has 0 aliphatic carbocycles. The Kier molecular flexibility index (Phi) is 8.13. The zero-order chi connectivity index (χ0) is 26.5. The van der Waals surface area contributed by atoms with Crippen LogP contribution in [0.15, 0.2) is 63.5 Å². The summed E-state index contributed by atoms with van der Waals surface area (Å²) < 4.78 is 24.1. The van der Waals surface area contributed by atoms with E-state index in [2.05, 4.69) is 11.9 Å². The van der Waals surface area contributed by atoms with Crippen molar-refractivity contribution in [3.63, 3.8) is 0 Å². The van der Waals surface area contributed by atoms with Crippen LogP contribution in [0.25, 0.3) is 6.08 Å². The minimum absolute atomic E-state index is 0.194. The van der Waals surface area contributed by atoms with Gasteiger partial charge < -0.3 is 18.9 Å². The van der Waals surface area contributed by atoms with E-state index >= 15 is 0 Å². The number of ether oxygens (including phenoxy) is 4. The van der Waals surface area contributed by atoms with Gasteiger partial charge in [-0.15, -0.1) is 0 Å². The molecule has 2 heterocycles. The Morgan fingerprint density at radius 3 is 2.46 bits per heavy atom. The summed E-state index contributed by atoms with van der Waals surface area (Å²) in [7, 11) is 3.10. The predicted molar refractivity (Wildman–Crippen MR) is 142 cm³/mol. The SMILES string of the molecule is CCCOc1ccc(/C=c2\sc3n(c2=O)[C@H](c2cc(OC)ccc2OC)C(C(=O)OCC)=C(C)N=3)cc1. The van der Waals surface area contributed by atoms with Gasteiger partial charge in [-0.3, -0.25) is 9.36 Å². The molecule has 1 atom stereocenters. The molecule has 0 N–H and O–H groups in total. The Morgan fingerprint density at radius 1 is 1.08 bits per heavy atom. The van der Waals surface area contributed by atoms with E-state index in [9.17, 15) is 9.59 Å². The normalized spacial score (nSPS) is 15.2. The van der Waals surface area contributed by atoms with Crippen LogP contribution in [0.5, 0.6) is 17.2 Å². The Labute approximate surface area is 219 Å². The molecule has 4 rings (SSSR count). The molecular formula is C28H30N2O6S. The van der Waals surface area contributed by atoms with E-state index in [-0.39, 0.29) is 17.7 Å². The number of benzene rings is 2. The van der Waals surface area contributed by atoms with Crippen molar-refractivity contribution >= 4 is 23.4 Å². The van der Waals surface area contributed by atoms with Gasteiger partial charge in [-0.25, -0.2) is 9.79 Å². The van der Waals surface area contributed by atoms with Crippen molar-refractivity contribution in [2.75, 3.05) is 27.4 Å². The average molecular weight is 523 g/mol. The molecule has 0 fully saturated rings. The molecule has 8 nitrogen and oxygen atoms in total. The first-order chi connectivity index (χ1) is 17.9. The van der Waals surface area contributed by atoms with Gasteiger partial charge >= 0.3 is 5.97 Å². The molecule has 0 saturated heterocycles. The lowest BCUT2D eigenvalue weighted by Gasteiger charge is -2.26. The summed E-state index contributed by atoms with van der Waals surface area (Å²) in [6, 6.07) is 12.1. The molecule has 0 bridgehead atoms. The van der Waals surface area contributed by atoms with E-state index in [4.69, 9.17) is 18.9 Å². The van der Waals surface area contributed by atoms with Gasteiger partial charge in [-0.05, 0) is 62.2 Å². The molecular weight excluding hydrogens is 492 g/mol. The summed E-state index contributed by atoms with van der Waals surface area (Å²) in [5.41, 5.74) is 1.96. The highest BCUT2D eigenvalue weighted by molar-refractivity contribution is 7.07. The summed E-state index contributed by atoms with van der Waals surface area (Å²) in [6.45, 7) is 6.38. The summed E-state index contributed by atoms with van der Waals surface area (Å²) in [5.74, 6) is 1.33. The van der Waals surface area contributed by atoms with Gasteiger partial charge in [-0.2, -0.15) is 0 Å². The molecule has 0 spiro atoms. The monoisotopic (exact) mass is 522 g/mol. The van der Waals surface area contributed by atoms with Crippen LogP contribution in [-0.4, -0.2) is 38.0 Å². The Balaban J connectivity index is 1.91. The number of aromatic nitrogens is 1. The second-order valence-corrected chi connectivity index (χ2v) is 9.34. The fourth-order valence-electron chi connectivity index (χ4n) is 4.17. The van der Waals surface area contributed by atoms with Crippen molar-refractivity contribution in [2.45, 2.75) is 33.2 Å². The van der Waals surface area contributed by atoms with Gasteiger partial charge in [-0.1, -0.05) is 30.4 Å². The highest BCUT2D eigenvalue weighted by atomic mass is 32.1. The lowest BCUT2D eigenvalue weighted by Crippen LogP contribution is -2.40. The second-order valence-electron chi connectivity index (χ2n) is 8.33. The quantitative estimate of drug-likeness (QED) is 0.399. The van der Waals surface area contributed by atoms with Crippen LogP contribution in [0.3, 0.4) is 0 Å². The van der Waals surface area contributed by atoms with Crippen molar-refractivity contribution in [2.24, 2.45) is 4.99 Å². The van der Waals surface area contributed by atoms with Crippen LogP contribution < -0.4 is 29.1 Å². The highest BCUT2D eigenvalue weighted by Crippen LogP contribution is 2.37. The number of methoxy groups -OCH3 is 2. The molecule has 1 aromatic heterocycles. The number of rotatable bonds is 9. The van der Waals surface area contributed by atoms with Gasteiger partial charge in [0, 0.05) is 5.56 Å². The Bertz CT molecular complexity index is 1500. The standard InChI is InChI=1S/C28H30N2O6S/c1-6-14-36-19-10-8-18(9-11-19)15-23-26(31)30-25(21-16-20(33-4)12-13-22(21)34-5)24(27(32)35-7-2)17(3)29-28(30)37-23/h8-13,15-16,25H,6-7,14H2,1-5H3/b23-15-/t25-/m1/s1. The molecule has 3 aromatic rings. The average Bonchev–Trinajstić information content (AvgIpc) is 3.21. The molecule has 2 aromatic carbocycles. The van der Waals surface area contributed by atoms with E-state index in [0.717, 1.165) is 17.7 Å². The smallest absolute Gasteiger partial charge is 0.338 e. The minimum Gasteiger partial charge on any atom is -0.497 e. The van der Waals surface area contributed by atoms with Crippen molar-refractivity contribution in [3.8, 4) is 17.2 Å². The number of allylic oxidation sites excluding steroid dienone is 1. The molecule has 1 aliphatic rings. The van der Waals surface area contributed by atoms with Crippen molar-refractivity contribution in [1.82, 2.24) is 4.57 Å². The number of hydrogen-bond acceptors (Lipinski definition) is 8. The molecule has 37 heavy (non-hydrogen) atoms. The Hall–Kier alpha value is -3.85. The summed E-state index contributed by atoms with van der Waals surface area (Å²) in [6.07, 6.45) is 2.74. The number of esters is 1. The van der Waals surface area contributed by atoms with E-state index in [1.807, 2.05) is 30.3 Å².